The molecule has 1 amide bonds. The average Bonchev–Trinajstić information content (AvgIpc) is 2.90. The van der Waals surface area contributed by atoms with E-state index < -0.39 is 64.4 Å². The molecule has 11 heteroatoms. The number of hydrogen-bond acceptors (Lipinski definition) is 10. The zero-order valence-corrected chi connectivity index (χ0v) is 22.0. The lowest BCUT2D eigenvalue weighted by atomic mass is 9.52. The van der Waals surface area contributed by atoms with E-state index in [1.165, 1.54) is 32.2 Å². The predicted molar refractivity (Wildman–Crippen MR) is 139 cm³/mol. The molecule has 40 heavy (non-hydrogen) atoms. The zero-order valence-electron chi connectivity index (χ0n) is 22.0. The number of phenols is 1. The Balaban J connectivity index is 1.68. The second-order valence-corrected chi connectivity index (χ2v) is 10.9. The van der Waals surface area contributed by atoms with Gasteiger partial charge in [0.2, 0.25) is 5.91 Å². The maximum atomic E-state index is 13.9. The van der Waals surface area contributed by atoms with Gasteiger partial charge in [0.1, 0.15) is 17.8 Å². The van der Waals surface area contributed by atoms with E-state index in [1.54, 1.807) is 24.3 Å². The molecule has 5 rings (SSSR count). The molecule has 11 nitrogen and oxygen atoms in total. The van der Waals surface area contributed by atoms with Crippen molar-refractivity contribution in [2.75, 3.05) is 21.2 Å². The number of aldehydes is 1. The Morgan fingerprint density at radius 3 is 2.40 bits per heavy atom. The molecular formula is C29H28N2O9. The van der Waals surface area contributed by atoms with Crippen LogP contribution in [-0.2, 0) is 25.6 Å². The topological polar surface area (TPSA) is 181 Å². The van der Waals surface area contributed by atoms with Gasteiger partial charge in [-0.15, -0.1) is 0 Å². The van der Waals surface area contributed by atoms with Crippen LogP contribution in [0.2, 0.25) is 0 Å². The summed E-state index contributed by atoms with van der Waals surface area (Å²) in [6, 6.07) is 6.45. The fraction of sp³-hybridized carbons (Fsp3) is 0.379. The molecule has 0 spiro atoms. The molecule has 0 radical (unpaired) electrons. The molecule has 0 aromatic heterocycles. The first-order chi connectivity index (χ1) is 18.9. The molecule has 0 saturated heterocycles. The summed E-state index contributed by atoms with van der Waals surface area (Å²) in [5.74, 6) is -10.7. The maximum absolute atomic E-state index is 13.9. The van der Waals surface area contributed by atoms with E-state index in [0.717, 1.165) is 0 Å². The van der Waals surface area contributed by atoms with Crippen LogP contribution in [-0.4, -0.2) is 83.3 Å². The molecule has 6 atom stereocenters. The standard InChI is InChI=1S/C29H28N2O9/c1-31(2)23-17-10-13-9-16-14(15-8-12(11-32)4-7-19(15)40-3)5-6-18(33)21(16)24(34)20(13)26(36)29(17,39)27(37)22(25(23)35)28(30)38/h4-8,11,13,17,20,22-23,33,39H,9-10H2,1-3H3,(H2,30,38)/t13-,17-,20?,22?,23-,29-/m0/s1. The first-order valence-corrected chi connectivity index (χ1v) is 12.7. The van der Waals surface area contributed by atoms with Crippen molar-refractivity contribution >= 4 is 35.3 Å². The van der Waals surface area contributed by atoms with Crippen LogP contribution in [0.4, 0.5) is 0 Å². The van der Waals surface area contributed by atoms with Crippen LogP contribution >= 0.6 is 0 Å². The van der Waals surface area contributed by atoms with Crippen LogP contribution in [0, 0.1) is 23.7 Å². The molecular weight excluding hydrogens is 520 g/mol. The minimum absolute atomic E-state index is 0.0650. The Kier molecular flexibility index (Phi) is 6.47. The summed E-state index contributed by atoms with van der Waals surface area (Å²) in [6.45, 7) is 0. The lowest BCUT2D eigenvalue weighted by molar-refractivity contribution is -0.181. The first-order valence-electron chi connectivity index (χ1n) is 12.7. The lowest BCUT2D eigenvalue weighted by Crippen LogP contribution is -2.74. The second-order valence-electron chi connectivity index (χ2n) is 10.9. The van der Waals surface area contributed by atoms with Gasteiger partial charge in [-0.2, -0.15) is 0 Å². The summed E-state index contributed by atoms with van der Waals surface area (Å²) in [5, 5.41) is 22.4. The summed E-state index contributed by atoms with van der Waals surface area (Å²) >= 11 is 0. The molecule has 0 aliphatic heterocycles. The molecule has 3 aliphatic rings. The van der Waals surface area contributed by atoms with Gasteiger partial charge in [-0.1, -0.05) is 6.07 Å². The number of methoxy groups -OCH3 is 1. The Hall–Kier alpha value is -4.22. The number of ether oxygens (including phenoxy) is 1. The summed E-state index contributed by atoms with van der Waals surface area (Å²) < 4.78 is 5.48. The molecule has 2 aromatic rings. The van der Waals surface area contributed by atoms with Crippen LogP contribution in [0.25, 0.3) is 11.1 Å². The predicted octanol–water partition coefficient (Wildman–Crippen LogP) is 0.355. The molecule has 2 unspecified atom stereocenters. The van der Waals surface area contributed by atoms with Crippen LogP contribution < -0.4 is 10.5 Å². The van der Waals surface area contributed by atoms with E-state index in [4.69, 9.17) is 10.5 Å². The lowest BCUT2D eigenvalue weighted by Gasteiger charge is -2.52. The quantitative estimate of drug-likeness (QED) is 0.348. The van der Waals surface area contributed by atoms with E-state index >= 15 is 0 Å². The number of nitrogens with two attached hydrogens (primary N) is 1. The van der Waals surface area contributed by atoms with Gasteiger partial charge < -0.3 is 20.7 Å². The number of aromatic hydroxyl groups is 1. The number of likely N-dealkylation sites (N-methyl/N-ethyl adjacent to an activating group) is 1. The largest absolute Gasteiger partial charge is 0.507 e. The fourth-order valence-corrected chi connectivity index (χ4v) is 6.87. The third kappa shape index (κ3) is 3.65. The summed E-state index contributed by atoms with van der Waals surface area (Å²) in [7, 11) is 4.50. The van der Waals surface area contributed by atoms with E-state index in [-0.39, 0.29) is 24.2 Å². The maximum Gasteiger partial charge on any atom is 0.235 e. The summed E-state index contributed by atoms with van der Waals surface area (Å²) in [6.07, 6.45) is 0.685. The Labute approximate surface area is 228 Å². The molecule has 208 valence electrons. The molecule has 2 saturated carbocycles. The van der Waals surface area contributed by atoms with E-state index in [1.807, 2.05) is 0 Å². The number of rotatable bonds is 5. The van der Waals surface area contributed by atoms with Gasteiger partial charge in [0, 0.05) is 17.0 Å². The van der Waals surface area contributed by atoms with Crippen LogP contribution in [0.5, 0.6) is 11.5 Å². The summed E-state index contributed by atoms with van der Waals surface area (Å²) in [4.78, 5) is 79.4. The zero-order chi connectivity index (χ0) is 29.3. The van der Waals surface area contributed by atoms with Crippen molar-refractivity contribution in [2.45, 2.75) is 24.5 Å². The highest BCUT2D eigenvalue weighted by Crippen LogP contribution is 2.52. The number of carbonyl (C=O) groups is 6. The monoisotopic (exact) mass is 548 g/mol. The minimum Gasteiger partial charge on any atom is -0.507 e. The van der Waals surface area contributed by atoms with Gasteiger partial charge in [-0.3, -0.25) is 33.7 Å². The smallest absolute Gasteiger partial charge is 0.235 e. The van der Waals surface area contributed by atoms with Crippen LogP contribution in [0.3, 0.4) is 0 Å². The molecule has 2 aromatic carbocycles. The number of amides is 1. The van der Waals surface area contributed by atoms with Gasteiger partial charge in [-0.05, 0) is 68.2 Å². The van der Waals surface area contributed by atoms with E-state index in [9.17, 15) is 39.0 Å². The molecule has 2 fully saturated rings. The van der Waals surface area contributed by atoms with Gasteiger partial charge in [-0.25, -0.2) is 0 Å². The minimum atomic E-state index is -2.79. The van der Waals surface area contributed by atoms with Crippen molar-refractivity contribution in [3.05, 3.63) is 47.0 Å². The SMILES string of the molecule is COc1ccc(C=O)cc1-c1ccc(O)c2c1C[C@H]1C[C@H]3[C@H](N(C)C)C(=O)C(C(N)=O)C(=O)[C@@]3(O)C(=O)C1C2=O. The van der Waals surface area contributed by atoms with Gasteiger partial charge in [0.25, 0.3) is 0 Å². The molecule has 4 N–H and O–H groups in total. The van der Waals surface area contributed by atoms with Crippen molar-refractivity contribution in [1.29, 1.82) is 0 Å². The Morgan fingerprint density at radius 1 is 1.10 bits per heavy atom. The third-order valence-corrected chi connectivity index (χ3v) is 8.59. The number of phenolic OH excluding ortho intramolecular Hbond substituents is 1. The highest BCUT2D eigenvalue weighted by atomic mass is 16.5. The number of aliphatic hydroxyl groups is 1. The number of benzene rings is 2. The van der Waals surface area contributed by atoms with Crippen molar-refractivity contribution in [2.24, 2.45) is 29.4 Å². The number of ketones is 4. The first kappa shape index (κ1) is 27.4. The van der Waals surface area contributed by atoms with Crippen molar-refractivity contribution in [3.63, 3.8) is 0 Å². The van der Waals surface area contributed by atoms with Gasteiger partial charge >= 0.3 is 0 Å². The average molecular weight is 549 g/mol. The number of primary amides is 1. The van der Waals surface area contributed by atoms with Crippen LogP contribution in [0.1, 0.15) is 32.7 Å². The van der Waals surface area contributed by atoms with Crippen molar-refractivity contribution in [3.8, 4) is 22.6 Å². The van der Waals surface area contributed by atoms with Gasteiger partial charge in [0.15, 0.2) is 34.7 Å². The normalized spacial score (nSPS) is 29.5. The highest BCUT2D eigenvalue weighted by Gasteiger charge is 2.69. The number of fused-ring (bicyclic) bond motifs is 3. The van der Waals surface area contributed by atoms with Crippen LogP contribution in [0.15, 0.2) is 30.3 Å². The van der Waals surface area contributed by atoms with Crippen molar-refractivity contribution in [1.82, 2.24) is 4.90 Å². The Morgan fingerprint density at radius 2 is 1.80 bits per heavy atom. The summed E-state index contributed by atoms with van der Waals surface area (Å²) in [5.41, 5.74) is 4.18. The molecule has 0 heterocycles. The highest BCUT2D eigenvalue weighted by molar-refractivity contribution is 6.32. The van der Waals surface area contributed by atoms with Gasteiger partial charge in [0.05, 0.1) is 24.6 Å². The number of nitrogens with zero attached hydrogens (tertiary/aromatic N) is 1. The fourth-order valence-electron chi connectivity index (χ4n) is 6.87. The second kappa shape index (κ2) is 9.46. The number of Topliss-reactive ketones (excluding diaryl/α,β-unsaturated/α-hetero) is 4. The van der Waals surface area contributed by atoms with Crippen molar-refractivity contribution < 1.29 is 43.7 Å². The van der Waals surface area contributed by atoms with E-state index in [2.05, 4.69) is 0 Å². The number of carbonyl (C=O) groups excluding carboxylic acids is 6. The molecule has 3 aliphatic carbocycles. The van der Waals surface area contributed by atoms with E-state index in [0.29, 0.717) is 34.3 Å². The molecule has 0 bridgehead atoms. The Bertz CT molecular complexity index is 1510. The third-order valence-electron chi connectivity index (χ3n) is 8.59. The number of hydrogen-bond donors (Lipinski definition) is 3.